The van der Waals surface area contributed by atoms with E-state index in [0.717, 1.165) is 5.56 Å². The molecule has 0 aromatic heterocycles. The molecule has 0 saturated heterocycles. The maximum atomic E-state index is 9.06. The van der Waals surface area contributed by atoms with E-state index in [1.165, 1.54) is 5.56 Å². The van der Waals surface area contributed by atoms with Gasteiger partial charge in [0.2, 0.25) is 0 Å². The summed E-state index contributed by atoms with van der Waals surface area (Å²) < 4.78 is 5.45. The third kappa shape index (κ3) is 3.48. The number of rotatable bonds is 4. The molecule has 1 rings (SSSR count). The van der Waals surface area contributed by atoms with Crippen LogP contribution in [0.3, 0.4) is 0 Å². The Morgan fingerprint density at radius 3 is 2.64 bits per heavy atom. The molecule has 0 aliphatic heterocycles. The fraction of sp³-hybridized carbons (Fsp3) is 0.500. The van der Waals surface area contributed by atoms with Gasteiger partial charge in [0.1, 0.15) is 0 Å². The first-order valence-corrected chi connectivity index (χ1v) is 4.87. The molecule has 0 unspecified atom stereocenters. The van der Waals surface area contributed by atoms with Crippen molar-refractivity contribution >= 4 is 0 Å². The molecule has 0 amide bonds. The van der Waals surface area contributed by atoms with Gasteiger partial charge < -0.3 is 9.84 Å². The number of ether oxygens (including phenoxy) is 1. The Bertz CT molecular complexity index is 264. The molecule has 0 spiro atoms. The number of benzene rings is 1. The Balaban J connectivity index is 2.52. The zero-order valence-electron chi connectivity index (χ0n) is 8.95. The molecule has 0 aliphatic rings. The standard InChI is InChI=1S/C12H17O2/c1-9-4-6-12(7-5-9)11(3)14-8-10(2)13/h4-6,10-11,13H,8H2,1-3H3/t10-,11-/m1/s1. The zero-order chi connectivity index (χ0) is 10.6. The van der Waals surface area contributed by atoms with E-state index in [0.29, 0.717) is 6.61 Å². The smallest absolute Gasteiger partial charge is 0.0804 e. The molecule has 14 heavy (non-hydrogen) atoms. The summed E-state index contributed by atoms with van der Waals surface area (Å²) in [5.74, 6) is 0. The number of aliphatic hydroxyl groups is 1. The van der Waals surface area contributed by atoms with Crippen molar-refractivity contribution in [1.82, 2.24) is 0 Å². The second kappa shape index (κ2) is 5.13. The van der Waals surface area contributed by atoms with Crippen molar-refractivity contribution in [2.24, 2.45) is 0 Å². The minimum absolute atomic E-state index is 0.00907. The third-order valence-corrected chi connectivity index (χ3v) is 2.02. The summed E-state index contributed by atoms with van der Waals surface area (Å²) >= 11 is 0. The molecule has 1 N–H and O–H groups in total. The Morgan fingerprint density at radius 1 is 1.43 bits per heavy atom. The highest BCUT2D eigenvalue weighted by atomic mass is 16.5. The van der Waals surface area contributed by atoms with Gasteiger partial charge in [-0.25, -0.2) is 0 Å². The molecule has 1 radical (unpaired) electrons. The van der Waals surface area contributed by atoms with Crippen molar-refractivity contribution in [3.8, 4) is 0 Å². The van der Waals surface area contributed by atoms with Gasteiger partial charge in [0.05, 0.1) is 18.8 Å². The lowest BCUT2D eigenvalue weighted by atomic mass is 10.1. The van der Waals surface area contributed by atoms with Gasteiger partial charge in [0.15, 0.2) is 0 Å². The van der Waals surface area contributed by atoms with Crippen molar-refractivity contribution in [3.05, 3.63) is 35.4 Å². The molecule has 2 atom stereocenters. The van der Waals surface area contributed by atoms with E-state index >= 15 is 0 Å². The van der Waals surface area contributed by atoms with Gasteiger partial charge in [0.25, 0.3) is 0 Å². The lowest BCUT2D eigenvalue weighted by Gasteiger charge is -2.14. The van der Waals surface area contributed by atoms with Gasteiger partial charge in [-0.1, -0.05) is 23.8 Å². The summed E-state index contributed by atoms with van der Waals surface area (Å²) in [6.07, 6.45) is -0.423. The molecule has 77 valence electrons. The third-order valence-electron chi connectivity index (χ3n) is 2.02. The van der Waals surface area contributed by atoms with Gasteiger partial charge in [-0.15, -0.1) is 0 Å². The van der Waals surface area contributed by atoms with Crippen LogP contribution in [-0.4, -0.2) is 17.8 Å². The van der Waals surface area contributed by atoms with Crippen LogP contribution in [0, 0.1) is 13.0 Å². The van der Waals surface area contributed by atoms with E-state index in [1.807, 2.05) is 32.0 Å². The molecule has 0 aliphatic carbocycles. The first-order valence-electron chi connectivity index (χ1n) is 4.87. The van der Waals surface area contributed by atoms with Gasteiger partial charge in [-0.2, -0.15) is 0 Å². The SMILES string of the molecule is Cc1c[c]c([C@@H](C)OC[C@@H](C)O)cc1. The quantitative estimate of drug-likeness (QED) is 0.794. The van der Waals surface area contributed by atoms with E-state index in [1.54, 1.807) is 6.92 Å². The normalized spacial score (nSPS) is 15.1. The number of aryl methyl sites for hydroxylation is 1. The van der Waals surface area contributed by atoms with Crippen LogP contribution in [0.4, 0.5) is 0 Å². The summed E-state index contributed by atoms with van der Waals surface area (Å²) in [7, 11) is 0. The van der Waals surface area contributed by atoms with Crippen LogP contribution in [-0.2, 0) is 4.74 Å². The van der Waals surface area contributed by atoms with Gasteiger partial charge in [0, 0.05) is 0 Å². The monoisotopic (exact) mass is 193 g/mol. The Morgan fingerprint density at radius 2 is 2.14 bits per heavy atom. The van der Waals surface area contributed by atoms with Crippen LogP contribution in [0.1, 0.15) is 31.1 Å². The van der Waals surface area contributed by atoms with Crippen LogP contribution in [0.25, 0.3) is 0 Å². The Hall–Kier alpha value is -0.860. The maximum Gasteiger partial charge on any atom is 0.0804 e. The second-order valence-electron chi connectivity index (χ2n) is 3.65. The lowest BCUT2D eigenvalue weighted by Crippen LogP contribution is -2.12. The van der Waals surface area contributed by atoms with Crippen molar-refractivity contribution in [2.45, 2.75) is 33.0 Å². The second-order valence-corrected chi connectivity index (χ2v) is 3.65. The fourth-order valence-corrected chi connectivity index (χ4v) is 1.14. The van der Waals surface area contributed by atoms with E-state index in [-0.39, 0.29) is 6.10 Å². The van der Waals surface area contributed by atoms with Crippen molar-refractivity contribution in [2.75, 3.05) is 6.61 Å². The summed E-state index contributed by atoms with van der Waals surface area (Å²) in [5, 5.41) is 9.06. The molecule has 1 aromatic carbocycles. The van der Waals surface area contributed by atoms with Crippen LogP contribution in [0.5, 0.6) is 0 Å². The highest BCUT2D eigenvalue weighted by Crippen LogP contribution is 2.16. The fourth-order valence-electron chi connectivity index (χ4n) is 1.14. The topological polar surface area (TPSA) is 29.5 Å². The lowest BCUT2D eigenvalue weighted by molar-refractivity contribution is 0.00439. The highest BCUT2D eigenvalue weighted by molar-refractivity contribution is 5.21. The Labute approximate surface area is 85.5 Å². The first kappa shape index (κ1) is 11.2. The van der Waals surface area contributed by atoms with Crippen LogP contribution < -0.4 is 0 Å². The summed E-state index contributed by atoms with van der Waals surface area (Å²) in [4.78, 5) is 0. The highest BCUT2D eigenvalue weighted by Gasteiger charge is 2.06. The Kier molecular flexibility index (Phi) is 4.11. The predicted octanol–water partition coefficient (Wildman–Crippen LogP) is 2.25. The molecular weight excluding hydrogens is 176 g/mol. The van der Waals surface area contributed by atoms with Crippen molar-refractivity contribution in [1.29, 1.82) is 0 Å². The average molecular weight is 193 g/mol. The summed E-state index contributed by atoms with van der Waals surface area (Å²) in [6.45, 7) is 6.07. The van der Waals surface area contributed by atoms with Gasteiger partial charge in [-0.05, 0) is 32.4 Å². The number of hydrogen-bond acceptors (Lipinski definition) is 2. The van der Waals surface area contributed by atoms with Crippen LogP contribution in [0.2, 0.25) is 0 Å². The molecule has 0 heterocycles. The van der Waals surface area contributed by atoms with Gasteiger partial charge >= 0.3 is 0 Å². The minimum Gasteiger partial charge on any atom is -0.391 e. The molecule has 2 nitrogen and oxygen atoms in total. The maximum absolute atomic E-state index is 9.06. The molecule has 0 saturated carbocycles. The number of hydrogen-bond donors (Lipinski definition) is 1. The van der Waals surface area contributed by atoms with Crippen LogP contribution >= 0.6 is 0 Å². The molecule has 0 bridgehead atoms. The molecule has 0 fully saturated rings. The predicted molar refractivity (Wildman–Crippen MR) is 56.1 cm³/mol. The van der Waals surface area contributed by atoms with E-state index < -0.39 is 6.10 Å². The first-order chi connectivity index (χ1) is 6.59. The molecule has 1 aromatic rings. The minimum atomic E-state index is -0.414. The summed E-state index contributed by atoms with van der Waals surface area (Å²) in [5.41, 5.74) is 2.22. The summed E-state index contributed by atoms with van der Waals surface area (Å²) in [6, 6.07) is 9.13. The van der Waals surface area contributed by atoms with Crippen molar-refractivity contribution in [3.63, 3.8) is 0 Å². The number of aliphatic hydroxyl groups excluding tert-OH is 1. The van der Waals surface area contributed by atoms with Crippen molar-refractivity contribution < 1.29 is 9.84 Å². The average Bonchev–Trinajstić information content (AvgIpc) is 2.15. The largest absolute Gasteiger partial charge is 0.391 e. The molecule has 2 heteroatoms. The van der Waals surface area contributed by atoms with Gasteiger partial charge in [-0.3, -0.25) is 0 Å². The molecular formula is C12H17O2. The van der Waals surface area contributed by atoms with Crippen LogP contribution in [0.15, 0.2) is 18.2 Å². The zero-order valence-corrected chi connectivity index (χ0v) is 8.95. The van der Waals surface area contributed by atoms with E-state index in [2.05, 4.69) is 6.07 Å². The van der Waals surface area contributed by atoms with E-state index in [4.69, 9.17) is 9.84 Å². The van der Waals surface area contributed by atoms with E-state index in [9.17, 15) is 0 Å².